The Morgan fingerprint density at radius 3 is 1.41 bits per heavy atom. The van der Waals surface area contributed by atoms with Crippen molar-refractivity contribution in [3.8, 4) is 56.4 Å². The van der Waals surface area contributed by atoms with Crippen molar-refractivity contribution in [1.29, 1.82) is 0 Å². The maximum Gasteiger partial charge on any atom is 0.165 e. The van der Waals surface area contributed by atoms with Crippen molar-refractivity contribution in [2.24, 2.45) is 0 Å². The third-order valence-electron chi connectivity index (χ3n) is 11.4. The van der Waals surface area contributed by atoms with Crippen molar-refractivity contribution in [2.45, 2.75) is 0 Å². The number of rotatable bonds is 5. The van der Waals surface area contributed by atoms with E-state index in [1.165, 1.54) is 56.7 Å². The minimum absolute atomic E-state index is 0.648. The summed E-state index contributed by atoms with van der Waals surface area (Å²) in [6.07, 6.45) is 0. The van der Waals surface area contributed by atoms with E-state index in [2.05, 4.69) is 188 Å². The zero-order valence-corrected chi connectivity index (χ0v) is 32.7. The molecule has 0 unspecified atom stereocenters. The summed E-state index contributed by atoms with van der Waals surface area (Å²) >= 11 is 3.59. The van der Waals surface area contributed by atoms with Crippen LogP contribution in [0.15, 0.2) is 188 Å². The molecular weight excluding hydrogens is 743 g/mol. The molecule has 58 heavy (non-hydrogen) atoms. The lowest BCUT2D eigenvalue weighted by Gasteiger charge is -2.19. The first-order chi connectivity index (χ1) is 28.8. The predicted octanol–water partition coefficient (Wildman–Crippen LogP) is 15.2. The standard InChI is InChI=1S/C53H31N3S2/c1-2-15-33(16-3-1)44-31-45(35-24-12-18-32-17-4-5-19-34(32)35)48(39-23-7-6-20-36(39)44)53-55-51(42-27-13-25-40-37-21-8-10-29-46(37)57-49(40)42)54-52(56-53)43-28-14-26-41-38-22-9-11-30-47(38)58-50(41)43/h1-31H. The van der Waals surface area contributed by atoms with Crippen LogP contribution in [0.2, 0.25) is 0 Å². The molecular formula is C53H31N3S2. The van der Waals surface area contributed by atoms with Crippen molar-refractivity contribution < 1.29 is 0 Å². The van der Waals surface area contributed by atoms with E-state index in [1.807, 2.05) is 0 Å². The average Bonchev–Trinajstić information content (AvgIpc) is 3.87. The van der Waals surface area contributed by atoms with Gasteiger partial charge in [0.15, 0.2) is 17.5 Å². The van der Waals surface area contributed by atoms with Crippen molar-refractivity contribution in [3.63, 3.8) is 0 Å². The lowest BCUT2D eigenvalue weighted by molar-refractivity contribution is 1.08. The summed E-state index contributed by atoms with van der Waals surface area (Å²) in [5.74, 6) is 1.97. The van der Waals surface area contributed by atoms with E-state index in [1.54, 1.807) is 22.7 Å². The van der Waals surface area contributed by atoms with Crippen LogP contribution in [0.4, 0.5) is 0 Å². The Morgan fingerprint density at radius 1 is 0.293 bits per heavy atom. The molecule has 0 aliphatic heterocycles. The molecule has 0 spiro atoms. The summed E-state index contributed by atoms with van der Waals surface area (Å²) in [5.41, 5.74) is 7.55. The molecule has 3 heterocycles. The number of hydrogen-bond acceptors (Lipinski definition) is 5. The largest absolute Gasteiger partial charge is 0.208 e. The number of hydrogen-bond donors (Lipinski definition) is 0. The third-order valence-corrected chi connectivity index (χ3v) is 13.8. The number of fused-ring (bicyclic) bond motifs is 8. The number of nitrogens with zero attached hydrogens (tertiary/aromatic N) is 3. The van der Waals surface area contributed by atoms with Crippen molar-refractivity contribution in [1.82, 2.24) is 15.0 Å². The van der Waals surface area contributed by atoms with Gasteiger partial charge in [0.2, 0.25) is 0 Å². The van der Waals surface area contributed by atoms with Crippen molar-refractivity contribution in [3.05, 3.63) is 188 Å². The molecule has 0 aliphatic rings. The van der Waals surface area contributed by atoms with Gasteiger partial charge in [-0.15, -0.1) is 22.7 Å². The van der Waals surface area contributed by atoms with Crippen LogP contribution in [0.5, 0.6) is 0 Å². The Kier molecular flexibility index (Phi) is 7.58. The molecule has 0 N–H and O–H groups in total. The first kappa shape index (κ1) is 33.1. The minimum atomic E-state index is 0.648. The van der Waals surface area contributed by atoms with Gasteiger partial charge in [0.05, 0.1) is 0 Å². The van der Waals surface area contributed by atoms with E-state index in [0.717, 1.165) is 44.2 Å². The van der Waals surface area contributed by atoms with Gasteiger partial charge < -0.3 is 0 Å². The van der Waals surface area contributed by atoms with Gasteiger partial charge in [-0.25, -0.2) is 15.0 Å². The van der Waals surface area contributed by atoms with Gasteiger partial charge in [-0.3, -0.25) is 0 Å². The molecule has 0 atom stereocenters. The van der Waals surface area contributed by atoms with Crippen LogP contribution in [0.3, 0.4) is 0 Å². The normalized spacial score (nSPS) is 11.8. The summed E-state index contributed by atoms with van der Waals surface area (Å²) in [5, 5.41) is 9.52. The highest BCUT2D eigenvalue weighted by Crippen LogP contribution is 2.46. The second-order valence-electron chi connectivity index (χ2n) is 14.7. The highest BCUT2D eigenvalue weighted by atomic mass is 32.1. The van der Waals surface area contributed by atoms with Crippen LogP contribution in [0.1, 0.15) is 0 Å². The van der Waals surface area contributed by atoms with Gasteiger partial charge in [-0.2, -0.15) is 0 Å². The molecule has 9 aromatic carbocycles. The summed E-state index contributed by atoms with van der Waals surface area (Å²) in [7, 11) is 0. The SMILES string of the molecule is c1ccc(-c2cc(-c3cccc4ccccc34)c(-c3nc(-c4cccc5c4sc4ccccc45)nc(-c4cccc5c4sc4ccccc45)n3)c3ccccc23)cc1. The van der Waals surface area contributed by atoms with E-state index >= 15 is 0 Å². The van der Waals surface area contributed by atoms with Gasteiger partial charge in [-0.1, -0.05) is 158 Å². The van der Waals surface area contributed by atoms with E-state index < -0.39 is 0 Å². The molecule has 0 fully saturated rings. The molecule has 0 amide bonds. The van der Waals surface area contributed by atoms with Crippen LogP contribution < -0.4 is 0 Å². The zero-order valence-electron chi connectivity index (χ0n) is 31.1. The predicted molar refractivity (Wildman–Crippen MR) is 248 cm³/mol. The summed E-state index contributed by atoms with van der Waals surface area (Å²) in [6.45, 7) is 0. The van der Waals surface area contributed by atoms with Gasteiger partial charge in [0, 0.05) is 57.0 Å². The fraction of sp³-hybridized carbons (Fsp3) is 0. The highest BCUT2D eigenvalue weighted by Gasteiger charge is 2.24. The molecule has 270 valence electrons. The van der Waals surface area contributed by atoms with E-state index in [0.29, 0.717) is 17.5 Å². The topological polar surface area (TPSA) is 38.7 Å². The molecule has 0 aliphatic carbocycles. The van der Waals surface area contributed by atoms with Gasteiger partial charge in [0.25, 0.3) is 0 Å². The van der Waals surface area contributed by atoms with Crippen molar-refractivity contribution in [2.75, 3.05) is 0 Å². The van der Waals surface area contributed by atoms with Gasteiger partial charge in [-0.05, 0) is 74.1 Å². The van der Waals surface area contributed by atoms with Crippen LogP contribution in [0, 0.1) is 0 Å². The monoisotopic (exact) mass is 773 g/mol. The van der Waals surface area contributed by atoms with Crippen LogP contribution in [-0.2, 0) is 0 Å². The number of aromatic nitrogens is 3. The average molecular weight is 774 g/mol. The zero-order chi connectivity index (χ0) is 38.2. The van der Waals surface area contributed by atoms with E-state index in [-0.39, 0.29) is 0 Å². The van der Waals surface area contributed by atoms with E-state index in [4.69, 9.17) is 15.0 Å². The molecule has 12 rings (SSSR count). The summed E-state index contributed by atoms with van der Waals surface area (Å²) in [6, 6.07) is 67.3. The molecule has 0 saturated heterocycles. The lowest BCUT2D eigenvalue weighted by Crippen LogP contribution is -2.02. The lowest BCUT2D eigenvalue weighted by atomic mass is 9.86. The van der Waals surface area contributed by atoms with Gasteiger partial charge >= 0.3 is 0 Å². The number of thiophene rings is 2. The molecule has 0 radical (unpaired) electrons. The third kappa shape index (κ3) is 5.21. The van der Waals surface area contributed by atoms with Crippen molar-refractivity contribution >= 4 is 84.6 Å². The van der Waals surface area contributed by atoms with Crippen LogP contribution >= 0.6 is 22.7 Å². The molecule has 0 saturated carbocycles. The van der Waals surface area contributed by atoms with Crippen LogP contribution in [0.25, 0.3) is 118 Å². The molecule has 12 aromatic rings. The molecule has 0 bridgehead atoms. The Balaban J connectivity index is 1.22. The highest BCUT2D eigenvalue weighted by molar-refractivity contribution is 7.26. The summed E-state index contributed by atoms with van der Waals surface area (Å²) < 4.78 is 4.83. The second kappa shape index (κ2) is 13.3. The first-order valence-electron chi connectivity index (χ1n) is 19.4. The van der Waals surface area contributed by atoms with E-state index in [9.17, 15) is 0 Å². The first-order valence-corrected chi connectivity index (χ1v) is 21.1. The van der Waals surface area contributed by atoms with Gasteiger partial charge in [0.1, 0.15) is 0 Å². The maximum atomic E-state index is 5.55. The number of benzene rings is 9. The fourth-order valence-corrected chi connectivity index (χ4v) is 11.1. The molecule has 5 heteroatoms. The quantitative estimate of drug-likeness (QED) is 0.175. The molecule has 3 aromatic heterocycles. The van der Waals surface area contributed by atoms with Crippen LogP contribution in [-0.4, -0.2) is 15.0 Å². The second-order valence-corrected chi connectivity index (χ2v) is 16.8. The minimum Gasteiger partial charge on any atom is -0.208 e. The Morgan fingerprint density at radius 2 is 0.759 bits per heavy atom. The molecule has 3 nitrogen and oxygen atoms in total. The summed E-state index contributed by atoms with van der Waals surface area (Å²) in [4.78, 5) is 16.5. The maximum absolute atomic E-state index is 5.55. The Bertz CT molecular complexity index is 3450. The Labute approximate surface area is 342 Å². The fourth-order valence-electron chi connectivity index (χ4n) is 8.72. The Hall–Kier alpha value is -7.05. The smallest absolute Gasteiger partial charge is 0.165 e.